The molecular formula is C28H38. The largest absolute Gasteiger partial charge is 0.103 e. The highest BCUT2D eigenvalue weighted by Crippen LogP contribution is 2.40. The summed E-state index contributed by atoms with van der Waals surface area (Å²) in [6.07, 6.45) is 17.6. The van der Waals surface area contributed by atoms with Crippen molar-refractivity contribution in [3.63, 3.8) is 0 Å². The molecule has 0 heterocycles. The Kier molecular flexibility index (Phi) is 6.55. The first-order valence-corrected chi connectivity index (χ1v) is 11.9. The van der Waals surface area contributed by atoms with E-state index in [2.05, 4.69) is 56.0 Å². The van der Waals surface area contributed by atoms with Crippen LogP contribution in [-0.4, -0.2) is 0 Å². The van der Waals surface area contributed by atoms with E-state index in [1.54, 1.807) is 5.56 Å². The number of hydrogen-bond donors (Lipinski definition) is 0. The molecule has 0 spiro atoms. The number of fused-ring (bicyclic) bond motifs is 1. The van der Waals surface area contributed by atoms with Gasteiger partial charge in [0.15, 0.2) is 0 Å². The Morgan fingerprint density at radius 3 is 2.04 bits per heavy atom. The molecule has 0 unspecified atom stereocenters. The molecule has 0 heteroatoms. The van der Waals surface area contributed by atoms with Gasteiger partial charge >= 0.3 is 0 Å². The monoisotopic (exact) mass is 374 g/mol. The molecule has 0 aromatic heterocycles. The van der Waals surface area contributed by atoms with Crippen LogP contribution in [0.3, 0.4) is 0 Å². The fourth-order valence-corrected chi connectivity index (χ4v) is 5.76. The Bertz CT molecular complexity index is 770. The molecule has 0 bridgehead atoms. The van der Waals surface area contributed by atoms with E-state index in [-0.39, 0.29) is 0 Å². The van der Waals surface area contributed by atoms with Crippen LogP contribution < -0.4 is 0 Å². The lowest BCUT2D eigenvalue weighted by atomic mass is 9.74. The van der Waals surface area contributed by atoms with E-state index < -0.39 is 0 Å². The lowest BCUT2D eigenvalue weighted by Gasteiger charge is -2.31. The third kappa shape index (κ3) is 4.70. The molecule has 0 saturated heterocycles. The van der Waals surface area contributed by atoms with Crippen molar-refractivity contribution in [2.24, 2.45) is 17.8 Å². The van der Waals surface area contributed by atoms with E-state index >= 15 is 0 Å². The highest BCUT2D eigenvalue weighted by atomic mass is 14.3. The highest BCUT2D eigenvalue weighted by Gasteiger charge is 2.24. The summed E-state index contributed by atoms with van der Waals surface area (Å²) in [5.74, 6) is 3.58. The number of aryl methyl sites for hydroxylation is 1. The van der Waals surface area contributed by atoms with Gasteiger partial charge in [0.25, 0.3) is 0 Å². The first-order chi connectivity index (χ1) is 13.7. The van der Waals surface area contributed by atoms with E-state index in [4.69, 9.17) is 0 Å². The summed E-state index contributed by atoms with van der Waals surface area (Å²) < 4.78 is 0. The summed E-state index contributed by atoms with van der Waals surface area (Å²) in [5.41, 5.74) is 3.02. The third-order valence-corrected chi connectivity index (χ3v) is 7.86. The average molecular weight is 375 g/mol. The van der Waals surface area contributed by atoms with E-state index in [1.165, 1.54) is 80.5 Å². The molecule has 2 aliphatic carbocycles. The van der Waals surface area contributed by atoms with Crippen molar-refractivity contribution in [2.75, 3.05) is 0 Å². The van der Waals surface area contributed by atoms with Gasteiger partial charge in [0.05, 0.1) is 0 Å². The van der Waals surface area contributed by atoms with Crippen LogP contribution in [0.5, 0.6) is 0 Å². The molecule has 2 saturated carbocycles. The minimum atomic E-state index is 0.787. The van der Waals surface area contributed by atoms with Gasteiger partial charge in [0.1, 0.15) is 0 Å². The molecule has 0 atom stereocenters. The molecule has 2 fully saturated rings. The molecule has 28 heavy (non-hydrogen) atoms. The minimum absolute atomic E-state index is 0.787. The van der Waals surface area contributed by atoms with Crippen LogP contribution in [0.1, 0.15) is 88.2 Å². The van der Waals surface area contributed by atoms with Gasteiger partial charge in [-0.25, -0.2) is 0 Å². The molecule has 4 rings (SSSR count). The number of rotatable bonds is 6. The Labute approximate surface area is 172 Å². The summed E-state index contributed by atoms with van der Waals surface area (Å²) in [5, 5.41) is 2.83. The molecule has 0 aliphatic heterocycles. The maximum atomic E-state index is 3.99. The standard InChI is InChI=1S/C28H38/c1-3-21-5-7-23(8-6-21)9-10-24-12-14-25(15-13-24)27-18-17-26-19-22(4-2)11-16-28(26)20-27/h3,11,16-21,23-25H,1,4-10,12-15H2,2H3. The summed E-state index contributed by atoms with van der Waals surface area (Å²) in [4.78, 5) is 0. The van der Waals surface area contributed by atoms with Crippen molar-refractivity contribution in [1.29, 1.82) is 0 Å². The van der Waals surface area contributed by atoms with Crippen LogP contribution in [0.25, 0.3) is 10.8 Å². The van der Waals surface area contributed by atoms with E-state index in [0.29, 0.717) is 0 Å². The van der Waals surface area contributed by atoms with Crippen LogP contribution in [-0.2, 0) is 6.42 Å². The fourth-order valence-electron chi connectivity index (χ4n) is 5.76. The van der Waals surface area contributed by atoms with Gasteiger partial charge in [0.2, 0.25) is 0 Å². The molecule has 0 nitrogen and oxygen atoms in total. The average Bonchev–Trinajstić information content (AvgIpc) is 2.77. The first kappa shape index (κ1) is 19.7. The molecule has 0 amide bonds. The predicted molar refractivity (Wildman–Crippen MR) is 123 cm³/mol. The number of allylic oxidation sites excluding steroid dienone is 1. The Hall–Kier alpha value is -1.56. The Morgan fingerprint density at radius 2 is 1.39 bits per heavy atom. The van der Waals surface area contributed by atoms with Gasteiger partial charge in [-0.1, -0.05) is 62.2 Å². The Morgan fingerprint density at radius 1 is 0.786 bits per heavy atom. The molecule has 2 aromatic rings. The van der Waals surface area contributed by atoms with Crippen LogP contribution >= 0.6 is 0 Å². The second-order valence-electron chi connectivity index (χ2n) is 9.61. The van der Waals surface area contributed by atoms with Crippen molar-refractivity contribution >= 4 is 10.8 Å². The van der Waals surface area contributed by atoms with Crippen LogP contribution in [0.2, 0.25) is 0 Å². The molecular weight excluding hydrogens is 336 g/mol. The van der Waals surface area contributed by atoms with Crippen molar-refractivity contribution in [1.82, 2.24) is 0 Å². The molecule has 0 radical (unpaired) electrons. The van der Waals surface area contributed by atoms with Gasteiger partial charge in [-0.05, 0) is 103 Å². The Balaban J connectivity index is 1.27. The van der Waals surface area contributed by atoms with Crippen LogP contribution in [0.4, 0.5) is 0 Å². The summed E-state index contributed by atoms with van der Waals surface area (Å²) >= 11 is 0. The smallest absolute Gasteiger partial charge is 0.0162 e. The van der Waals surface area contributed by atoms with Crippen molar-refractivity contribution in [3.8, 4) is 0 Å². The van der Waals surface area contributed by atoms with Gasteiger partial charge in [-0.2, -0.15) is 0 Å². The summed E-state index contributed by atoms with van der Waals surface area (Å²) in [6, 6.07) is 14.2. The van der Waals surface area contributed by atoms with Gasteiger partial charge in [0, 0.05) is 0 Å². The predicted octanol–water partition coefficient (Wildman–Crippen LogP) is 8.45. The normalized spacial score (nSPS) is 28.3. The molecule has 2 aliphatic rings. The zero-order valence-corrected chi connectivity index (χ0v) is 17.8. The van der Waals surface area contributed by atoms with E-state index in [9.17, 15) is 0 Å². The maximum Gasteiger partial charge on any atom is -0.0162 e. The molecule has 0 N–H and O–H groups in total. The van der Waals surface area contributed by atoms with Crippen LogP contribution in [0.15, 0.2) is 49.1 Å². The number of hydrogen-bond acceptors (Lipinski definition) is 0. The number of benzene rings is 2. The molecule has 150 valence electrons. The maximum absolute atomic E-state index is 3.99. The highest BCUT2D eigenvalue weighted by molar-refractivity contribution is 5.84. The zero-order valence-electron chi connectivity index (χ0n) is 17.8. The second-order valence-corrected chi connectivity index (χ2v) is 9.61. The van der Waals surface area contributed by atoms with Gasteiger partial charge < -0.3 is 0 Å². The third-order valence-electron chi connectivity index (χ3n) is 7.86. The van der Waals surface area contributed by atoms with Crippen molar-refractivity contribution in [2.45, 2.75) is 83.5 Å². The summed E-state index contributed by atoms with van der Waals surface area (Å²) in [7, 11) is 0. The van der Waals surface area contributed by atoms with Gasteiger partial charge in [-0.15, -0.1) is 6.58 Å². The zero-order chi connectivity index (χ0) is 19.3. The SMILES string of the molecule is C=CC1CCC(CCC2CCC(c3ccc4cc(CC)ccc4c3)CC2)CC1. The quantitative estimate of drug-likeness (QED) is 0.445. The van der Waals surface area contributed by atoms with Gasteiger partial charge in [-0.3, -0.25) is 0 Å². The van der Waals surface area contributed by atoms with Crippen molar-refractivity contribution in [3.05, 3.63) is 60.2 Å². The topological polar surface area (TPSA) is 0 Å². The van der Waals surface area contributed by atoms with E-state index in [1.807, 2.05) is 0 Å². The lowest BCUT2D eigenvalue weighted by molar-refractivity contribution is 0.246. The van der Waals surface area contributed by atoms with E-state index in [0.717, 1.165) is 30.1 Å². The molecule has 2 aromatic carbocycles. The second kappa shape index (κ2) is 9.29. The van der Waals surface area contributed by atoms with Crippen LogP contribution in [0, 0.1) is 17.8 Å². The minimum Gasteiger partial charge on any atom is -0.103 e. The summed E-state index contributed by atoms with van der Waals surface area (Å²) in [6.45, 7) is 6.22. The lowest BCUT2D eigenvalue weighted by Crippen LogP contribution is -2.17. The fraction of sp³-hybridized carbons (Fsp3) is 0.571. The van der Waals surface area contributed by atoms with Crippen molar-refractivity contribution < 1.29 is 0 Å². The first-order valence-electron chi connectivity index (χ1n) is 11.9.